The van der Waals surface area contributed by atoms with Gasteiger partial charge >= 0.3 is 6.09 Å². The lowest BCUT2D eigenvalue weighted by Crippen LogP contribution is -2.46. The molecule has 0 aromatic rings. The van der Waals surface area contributed by atoms with Crippen LogP contribution < -0.4 is 10.6 Å². The van der Waals surface area contributed by atoms with Crippen molar-refractivity contribution in [3.63, 3.8) is 0 Å². The summed E-state index contributed by atoms with van der Waals surface area (Å²) in [6.07, 6.45) is -0.531. The average molecular weight is 190 g/mol. The molecule has 6 nitrogen and oxygen atoms in total. The lowest BCUT2D eigenvalue weighted by Gasteiger charge is -2.14. The highest BCUT2D eigenvalue weighted by Crippen LogP contribution is 1.91. The van der Waals surface area contributed by atoms with Gasteiger partial charge in [-0.25, -0.2) is 4.79 Å². The Hall–Kier alpha value is -1.30. The molecule has 0 bridgehead atoms. The Labute approximate surface area is 76.3 Å². The largest absolute Gasteiger partial charge is 0.453 e. The van der Waals surface area contributed by atoms with Crippen LogP contribution in [0.1, 0.15) is 6.42 Å². The van der Waals surface area contributed by atoms with Gasteiger partial charge in [0, 0.05) is 13.7 Å². The van der Waals surface area contributed by atoms with Crippen LogP contribution in [0.5, 0.6) is 0 Å². The normalized spacial score (nSPS) is 11.6. The van der Waals surface area contributed by atoms with Gasteiger partial charge in [-0.05, 0) is 6.42 Å². The molecule has 0 spiro atoms. The number of methoxy groups -OCH3 is 1. The van der Waals surface area contributed by atoms with E-state index in [2.05, 4.69) is 15.4 Å². The summed E-state index contributed by atoms with van der Waals surface area (Å²) in [6.45, 7) is -0.178. The number of ether oxygens (including phenoxy) is 1. The fourth-order valence-electron chi connectivity index (χ4n) is 0.773. The molecule has 0 heterocycles. The summed E-state index contributed by atoms with van der Waals surface area (Å²) < 4.78 is 4.31. The van der Waals surface area contributed by atoms with Crippen molar-refractivity contribution < 1.29 is 19.4 Å². The van der Waals surface area contributed by atoms with E-state index >= 15 is 0 Å². The third-order valence-electron chi connectivity index (χ3n) is 1.46. The number of alkyl carbamates (subject to hydrolysis) is 1. The van der Waals surface area contributed by atoms with Crippen molar-refractivity contribution in [2.75, 3.05) is 20.8 Å². The fourth-order valence-corrected chi connectivity index (χ4v) is 0.773. The molecule has 3 N–H and O–H groups in total. The van der Waals surface area contributed by atoms with Crippen molar-refractivity contribution in [1.29, 1.82) is 0 Å². The number of hydrogen-bond donors (Lipinski definition) is 3. The van der Waals surface area contributed by atoms with E-state index in [-0.39, 0.29) is 18.9 Å². The molecule has 0 saturated carbocycles. The van der Waals surface area contributed by atoms with Crippen LogP contribution in [0.25, 0.3) is 0 Å². The van der Waals surface area contributed by atoms with E-state index in [1.807, 2.05) is 0 Å². The Kier molecular flexibility index (Phi) is 5.62. The monoisotopic (exact) mass is 190 g/mol. The Morgan fingerprint density at radius 3 is 2.54 bits per heavy atom. The third-order valence-corrected chi connectivity index (χ3v) is 1.46. The van der Waals surface area contributed by atoms with Crippen LogP contribution in [0.4, 0.5) is 4.79 Å². The zero-order valence-electron chi connectivity index (χ0n) is 7.66. The van der Waals surface area contributed by atoms with E-state index in [1.165, 1.54) is 14.2 Å². The van der Waals surface area contributed by atoms with Crippen molar-refractivity contribution in [1.82, 2.24) is 10.6 Å². The standard InChI is InChI=1S/C7H14N2O4/c1-8-6(11)5(3-4-10)9-7(12)13-2/h5,10H,3-4H2,1-2H3,(H,8,11)(H,9,12). The molecule has 76 valence electrons. The molecule has 0 radical (unpaired) electrons. The predicted molar refractivity (Wildman–Crippen MR) is 45.1 cm³/mol. The number of carbonyl (C=O) groups excluding carboxylic acids is 2. The van der Waals surface area contributed by atoms with Crippen molar-refractivity contribution in [3.05, 3.63) is 0 Å². The number of rotatable bonds is 4. The molecule has 13 heavy (non-hydrogen) atoms. The molecule has 2 amide bonds. The molecular weight excluding hydrogens is 176 g/mol. The smallest absolute Gasteiger partial charge is 0.407 e. The first-order chi connectivity index (χ1) is 6.15. The maximum atomic E-state index is 11.1. The summed E-state index contributed by atoms with van der Waals surface area (Å²) in [5.41, 5.74) is 0. The Bertz CT molecular complexity index is 183. The van der Waals surface area contributed by atoms with Gasteiger partial charge in [-0.1, -0.05) is 0 Å². The molecule has 0 saturated heterocycles. The molecule has 0 aromatic carbocycles. The molecule has 0 aromatic heterocycles. The van der Waals surface area contributed by atoms with E-state index in [1.54, 1.807) is 0 Å². The highest BCUT2D eigenvalue weighted by Gasteiger charge is 2.18. The van der Waals surface area contributed by atoms with Gasteiger partial charge in [0.15, 0.2) is 0 Å². The first-order valence-electron chi connectivity index (χ1n) is 3.82. The number of hydrogen-bond acceptors (Lipinski definition) is 4. The molecule has 0 aliphatic carbocycles. The number of amides is 2. The predicted octanol–water partition coefficient (Wildman–Crippen LogP) is -1.16. The van der Waals surface area contributed by atoms with Crippen LogP contribution in [0.2, 0.25) is 0 Å². The average Bonchev–Trinajstić information content (AvgIpc) is 2.15. The number of aliphatic hydroxyl groups excluding tert-OH is 1. The van der Waals surface area contributed by atoms with Gasteiger partial charge in [0.05, 0.1) is 7.11 Å². The van der Waals surface area contributed by atoms with E-state index < -0.39 is 12.1 Å². The molecular formula is C7H14N2O4. The maximum absolute atomic E-state index is 11.1. The Morgan fingerprint density at radius 1 is 1.54 bits per heavy atom. The summed E-state index contributed by atoms with van der Waals surface area (Å²) in [7, 11) is 2.65. The minimum Gasteiger partial charge on any atom is -0.453 e. The highest BCUT2D eigenvalue weighted by molar-refractivity contribution is 5.85. The summed E-state index contributed by atoms with van der Waals surface area (Å²) in [6, 6.07) is -0.748. The van der Waals surface area contributed by atoms with E-state index in [9.17, 15) is 9.59 Å². The SMILES string of the molecule is CNC(=O)C(CCO)NC(=O)OC. The summed E-state index contributed by atoms with van der Waals surface area (Å²) in [5.74, 6) is -0.362. The molecule has 6 heteroatoms. The van der Waals surface area contributed by atoms with Crippen molar-refractivity contribution in [2.45, 2.75) is 12.5 Å². The van der Waals surface area contributed by atoms with Gasteiger partial charge in [-0.2, -0.15) is 0 Å². The summed E-state index contributed by atoms with van der Waals surface area (Å²) in [5, 5.41) is 13.2. The van der Waals surface area contributed by atoms with Crippen molar-refractivity contribution >= 4 is 12.0 Å². The summed E-state index contributed by atoms with van der Waals surface area (Å²) in [4.78, 5) is 21.8. The fraction of sp³-hybridized carbons (Fsp3) is 0.714. The first-order valence-corrected chi connectivity index (χ1v) is 3.82. The van der Waals surface area contributed by atoms with Gasteiger partial charge in [0.25, 0.3) is 0 Å². The summed E-state index contributed by atoms with van der Waals surface area (Å²) >= 11 is 0. The second kappa shape index (κ2) is 6.24. The minimum atomic E-state index is -0.748. The van der Waals surface area contributed by atoms with E-state index in [0.29, 0.717) is 0 Å². The topological polar surface area (TPSA) is 87.7 Å². The van der Waals surface area contributed by atoms with Crippen LogP contribution >= 0.6 is 0 Å². The number of carbonyl (C=O) groups is 2. The molecule has 1 atom stereocenters. The number of nitrogens with one attached hydrogen (secondary N) is 2. The van der Waals surface area contributed by atoms with Crippen LogP contribution in [-0.4, -0.2) is 43.9 Å². The number of likely N-dealkylation sites (N-methyl/N-ethyl adjacent to an activating group) is 1. The number of aliphatic hydroxyl groups is 1. The highest BCUT2D eigenvalue weighted by atomic mass is 16.5. The van der Waals surface area contributed by atoms with Crippen LogP contribution in [-0.2, 0) is 9.53 Å². The van der Waals surface area contributed by atoms with Gasteiger partial charge in [0.1, 0.15) is 6.04 Å². The molecule has 0 aliphatic heterocycles. The van der Waals surface area contributed by atoms with Crippen molar-refractivity contribution in [2.24, 2.45) is 0 Å². The molecule has 1 unspecified atom stereocenters. The Morgan fingerprint density at radius 2 is 2.15 bits per heavy atom. The zero-order valence-corrected chi connectivity index (χ0v) is 7.66. The maximum Gasteiger partial charge on any atom is 0.407 e. The third kappa shape index (κ3) is 4.32. The van der Waals surface area contributed by atoms with Crippen molar-refractivity contribution in [3.8, 4) is 0 Å². The Balaban J connectivity index is 4.08. The van der Waals surface area contributed by atoms with Gasteiger partial charge in [-0.15, -0.1) is 0 Å². The van der Waals surface area contributed by atoms with Crippen LogP contribution in [0.3, 0.4) is 0 Å². The van der Waals surface area contributed by atoms with E-state index in [0.717, 1.165) is 0 Å². The quantitative estimate of drug-likeness (QED) is 0.521. The molecule has 0 aliphatic rings. The lowest BCUT2D eigenvalue weighted by molar-refractivity contribution is -0.122. The van der Waals surface area contributed by atoms with Crippen LogP contribution in [0.15, 0.2) is 0 Å². The first kappa shape index (κ1) is 11.7. The van der Waals surface area contributed by atoms with Gasteiger partial charge < -0.3 is 20.5 Å². The van der Waals surface area contributed by atoms with Gasteiger partial charge in [-0.3, -0.25) is 4.79 Å². The molecule has 0 fully saturated rings. The van der Waals surface area contributed by atoms with Crippen LogP contribution in [0, 0.1) is 0 Å². The lowest BCUT2D eigenvalue weighted by atomic mass is 10.2. The minimum absolute atomic E-state index is 0.161. The second-order valence-electron chi connectivity index (χ2n) is 2.32. The molecule has 0 rings (SSSR count). The zero-order chi connectivity index (χ0) is 10.3. The van der Waals surface area contributed by atoms with Gasteiger partial charge in [0.2, 0.25) is 5.91 Å². The van der Waals surface area contributed by atoms with E-state index in [4.69, 9.17) is 5.11 Å². The second-order valence-corrected chi connectivity index (χ2v) is 2.32.